The Labute approximate surface area is 223 Å². The second-order valence-electron chi connectivity index (χ2n) is 11.6. The van der Waals surface area contributed by atoms with Gasteiger partial charge in [-0.15, -0.1) is 0 Å². The first-order valence-electron chi connectivity index (χ1n) is 13.6. The lowest BCUT2D eigenvalue weighted by atomic mass is 9.82. The second kappa shape index (κ2) is 10.7. The summed E-state index contributed by atoms with van der Waals surface area (Å²) in [5.41, 5.74) is 4.05. The van der Waals surface area contributed by atoms with Crippen LogP contribution in [0, 0.1) is 11.8 Å². The molecule has 0 radical (unpaired) electrons. The quantitative estimate of drug-likeness (QED) is 0.298. The van der Waals surface area contributed by atoms with Crippen LogP contribution in [-0.2, 0) is 11.3 Å². The molecule has 2 aliphatic rings. The summed E-state index contributed by atoms with van der Waals surface area (Å²) in [6.07, 6.45) is 4.09. The van der Waals surface area contributed by atoms with E-state index in [9.17, 15) is 14.7 Å². The molecule has 1 saturated carbocycles. The number of alkyl carbamates (subject to hydrolysis) is 1. The van der Waals surface area contributed by atoms with Crippen molar-refractivity contribution >= 4 is 22.9 Å². The van der Waals surface area contributed by atoms with Crippen LogP contribution in [0.3, 0.4) is 0 Å². The van der Waals surface area contributed by atoms with Gasteiger partial charge in [-0.3, -0.25) is 4.79 Å². The van der Waals surface area contributed by atoms with Gasteiger partial charge < -0.3 is 30.8 Å². The van der Waals surface area contributed by atoms with Gasteiger partial charge in [-0.25, -0.2) is 4.79 Å². The number of hydrogen-bond donors (Lipinski definition) is 5. The van der Waals surface area contributed by atoms with Gasteiger partial charge in [-0.1, -0.05) is 18.2 Å². The summed E-state index contributed by atoms with van der Waals surface area (Å²) in [4.78, 5) is 28.2. The number of ether oxygens (including phenoxy) is 1. The number of para-hydroxylation sites is 1. The van der Waals surface area contributed by atoms with E-state index in [1.165, 1.54) is 0 Å². The van der Waals surface area contributed by atoms with Crippen molar-refractivity contribution in [3.63, 3.8) is 0 Å². The zero-order chi connectivity index (χ0) is 26.9. The minimum Gasteiger partial charge on any atom is -0.508 e. The first-order chi connectivity index (χ1) is 18.2. The topological polar surface area (TPSA) is 115 Å². The van der Waals surface area contributed by atoms with Crippen LogP contribution in [0.15, 0.2) is 42.5 Å². The van der Waals surface area contributed by atoms with Crippen LogP contribution >= 0.6 is 0 Å². The lowest BCUT2D eigenvalue weighted by molar-refractivity contribution is 0.0513. The summed E-state index contributed by atoms with van der Waals surface area (Å²) in [6.45, 7) is 7.85. The largest absolute Gasteiger partial charge is 0.508 e. The molecule has 0 bridgehead atoms. The van der Waals surface area contributed by atoms with Gasteiger partial charge in [0.05, 0.1) is 6.04 Å². The predicted octanol–water partition coefficient (Wildman–Crippen LogP) is 5.13. The van der Waals surface area contributed by atoms with E-state index in [1.54, 1.807) is 18.2 Å². The van der Waals surface area contributed by atoms with E-state index in [1.807, 2.05) is 32.9 Å². The van der Waals surface area contributed by atoms with Crippen molar-refractivity contribution in [1.29, 1.82) is 0 Å². The zero-order valence-electron chi connectivity index (χ0n) is 22.4. The van der Waals surface area contributed by atoms with Crippen LogP contribution < -0.4 is 16.0 Å². The van der Waals surface area contributed by atoms with Gasteiger partial charge in [-0.05, 0) is 94.7 Å². The molecule has 0 spiro atoms. The Balaban J connectivity index is 1.19. The molecule has 1 aliphatic heterocycles. The maximum atomic E-state index is 12.7. The van der Waals surface area contributed by atoms with E-state index < -0.39 is 5.60 Å². The van der Waals surface area contributed by atoms with Crippen molar-refractivity contribution < 1.29 is 19.4 Å². The molecule has 0 saturated heterocycles. The lowest BCUT2D eigenvalue weighted by Gasteiger charge is -2.29. The van der Waals surface area contributed by atoms with Gasteiger partial charge in [0.15, 0.2) is 0 Å². The molecule has 5 N–H and O–H groups in total. The molecule has 1 aromatic heterocycles. The predicted molar refractivity (Wildman–Crippen MR) is 147 cm³/mol. The number of rotatable bonds is 7. The highest BCUT2D eigenvalue weighted by Gasteiger charge is 2.33. The number of fused-ring (bicyclic) bond motifs is 2. The maximum absolute atomic E-state index is 12.7. The van der Waals surface area contributed by atoms with E-state index in [0.29, 0.717) is 30.5 Å². The molecule has 2 aromatic carbocycles. The highest BCUT2D eigenvalue weighted by atomic mass is 16.6. The number of hydrogen-bond acceptors (Lipinski definition) is 5. The number of phenolic OH excluding ortho intramolecular Hbond substituents is 1. The van der Waals surface area contributed by atoms with Crippen LogP contribution in [0.4, 0.5) is 4.79 Å². The van der Waals surface area contributed by atoms with Gasteiger partial charge in [0, 0.05) is 40.8 Å². The van der Waals surface area contributed by atoms with Gasteiger partial charge in [0.25, 0.3) is 5.91 Å². The highest BCUT2D eigenvalue weighted by molar-refractivity contribution is 6.01. The number of nitrogens with one attached hydrogen (secondary N) is 4. The lowest BCUT2D eigenvalue weighted by Crippen LogP contribution is -2.36. The Kier molecular flexibility index (Phi) is 7.34. The van der Waals surface area contributed by atoms with Crippen molar-refractivity contribution in [3.8, 4) is 5.75 Å². The Bertz CT molecular complexity index is 1320. The molecule has 8 heteroatoms. The van der Waals surface area contributed by atoms with Crippen molar-refractivity contribution in [2.75, 3.05) is 13.1 Å². The van der Waals surface area contributed by atoms with E-state index in [4.69, 9.17) is 4.74 Å². The number of H-pyrrole nitrogens is 1. The monoisotopic (exact) mass is 518 g/mol. The molecule has 2 amide bonds. The summed E-state index contributed by atoms with van der Waals surface area (Å²) in [7, 11) is 0. The Morgan fingerprint density at radius 2 is 1.76 bits per heavy atom. The number of aromatic amines is 1. The normalized spacial score (nSPS) is 21.2. The number of amides is 2. The molecule has 1 atom stereocenters. The fourth-order valence-electron chi connectivity index (χ4n) is 5.78. The molecule has 2 heterocycles. The number of aromatic nitrogens is 1. The van der Waals surface area contributed by atoms with Crippen molar-refractivity contribution in [2.24, 2.45) is 11.8 Å². The number of benzene rings is 2. The highest BCUT2D eigenvalue weighted by Crippen LogP contribution is 2.38. The van der Waals surface area contributed by atoms with Crippen LogP contribution in [-0.4, -0.2) is 40.8 Å². The molecule has 1 aliphatic carbocycles. The van der Waals surface area contributed by atoms with E-state index in [-0.39, 0.29) is 23.8 Å². The van der Waals surface area contributed by atoms with Gasteiger partial charge in [0.1, 0.15) is 11.4 Å². The summed E-state index contributed by atoms with van der Waals surface area (Å²) in [5.74, 6) is 1.11. The molecule has 8 nitrogen and oxygen atoms in total. The number of carbonyl (C=O) groups excluding carboxylic acids is 2. The zero-order valence-corrected chi connectivity index (χ0v) is 22.4. The smallest absolute Gasteiger partial charge is 0.407 e. The standard InChI is InChI=1S/C30H38N4O4/c1-30(2,3)38-29(37)32-16-19-10-8-18(9-11-19)15-31-17-25-26(22-6-4-5-7-24(22)33-25)27-23-14-20(35)12-13-21(23)28(36)34-27/h4-7,12-14,18-19,27,31,33,35H,8-11,15-17H2,1-3H3,(H,32,37)(H,34,36)/t18-,19-,27?. The molecule has 38 heavy (non-hydrogen) atoms. The van der Waals surface area contributed by atoms with E-state index >= 15 is 0 Å². The average Bonchev–Trinajstić information content (AvgIpc) is 3.39. The second-order valence-corrected chi connectivity index (χ2v) is 11.6. The Hall–Kier alpha value is -3.52. The number of aromatic hydroxyl groups is 1. The van der Waals surface area contributed by atoms with Gasteiger partial charge in [-0.2, -0.15) is 0 Å². The molecule has 1 unspecified atom stereocenters. The van der Waals surface area contributed by atoms with E-state index in [2.05, 4.69) is 33.1 Å². The SMILES string of the molecule is CC(C)(C)OC(=O)NC[C@H]1CC[C@H](CNCc2[nH]c3ccccc3c2C2NC(=O)c3ccc(O)cc32)CC1. The van der Waals surface area contributed by atoms with Crippen molar-refractivity contribution in [1.82, 2.24) is 20.9 Å². The van der Waals surface area contributed by atoms with Crippen LogP contribution in [0.1, 0.15) is 79.7 Å². The molecule has 3 aromatic rings. The average molecular weight is 519 g/mol. The first kappa shape index (κ1) is 26.1. The third-order valence-electron chi connectivity index (χ3n) is 7.62. The van der Waals surface area contributed by atoms with Crippen LogP contribution in [0.25, 0.3) is 10.9 Å². The van der Waals surface area contributed by atoms with Crippen molar-refractivity contribution in [2.45, 2.75) is 64.6 Å². The molecular formula is C30H38N4O4. The fraction of sp³-hybridized carbons (Fsp3) is 0.467. The molecular weight excluding hydrogens is 480 g/mol. The summed E-state index contributed by atoms with van der Waals surface area (Å²) in [5, 5.41) is 20.9. The molecule has 1 fully saturated rings. The van der Waals surface area contributed by atoms with Gasteiger partial charge in [0.2, 0.25) is 0 Å². The molecule has 5 rings (SSSR count). The minimum absolute atomic E-state index is 0.118. The first-order valence-corrected chi connectivity index (χ1v) is 13.6. The summed E-state index contributed by atoms with van der Waals surface area (Å²) < 4.78 is 5.35. The third kappa shape index (κ3) is 5.80. The third-order valence-corrected chi connectivity index (χ3v) is 7.62. The summed E-state index contributed by atoms with van der Waals surface area (Å²) >= 11 is 0. The van der Waals surface area contributed by atoms with Crippen LogP contribution in [0.2, 0.25) is 0 Å². The van der Waals surface area contributed by atoms with Crippen LogP contribution in [0.5, 0.6) is 5.75 Å². The van der Waals surface area contributed by atoms with E-state index in [0.717, 1.165) is 60.0 Å². The van der Waals surface area contributed by atoms with Gasteiger partial charge >= 0.3 is 6.09 Å². The minimum atomic E-state index is -0.479. The Morgan fingerprint density at radius 3 is 2.50 bits per heavy atom. The number of phenols is 1. The fourth-order valence-corrected chi connectivity index (χ4v) is 5.78. The Morgan fingerprint density at radius 1 is 1.05 bits per heavy atom. The maximum Gasteiger partial charge on any atom is 0.407 e. The summed E-state index contributed by atoms with van der Waals surface area (Å²) in [6, 6.07) is 12.8. The van der Waals surface area contributed by atoms with Crippen molar-refractivity contribution in [3.05, 3.63) is 64.8 Å². The number of carbonyl (C=O) groups is 2. The molecule has 202 valence electrons.